The van der Waals surface area contributed by atoms with Crippen LogP contribution in [0.25, 0.3) is 28.0 Å². The summed E-state index contributed by atoms with van der Waals surface area (Å²) < 4.78 is 7.89. The van der Waals surface area contributed by atoms with Gasteiger partial charge in [-0.2, -0.15) is 0 Å². The highest BCUT2D eigenvalue weighted by Gasteiger charge is 2.09. The van der Waals surface area contributed by atoms with Gasteiger partial charge in [-0.15, -0.1) is 10.2 Å². The van der Waals surface area contributed by atoms with Crippen molar-refractivity contribution in [1.29, 1.82) is 0 Å². The van der Waals surface area contributed by atoms with E-state index in [-0.39, 0.29) is 0 Å². The molecule has 0 saturated heterocycles. The first-order chi connectivity index (χ1) is 14.4. The lowest BCUT2D eigenvalue weighted by atomic mass is 10.2. The van der Waals surface area contributed by atoms with Crippen LogP contribution in [-0.2, 0) is 6.61 Å². The zero-order valence-electron chi connectivity index (χ0n) is 15.6. The van der Waals surface area contributed by atoms with E-state index in [0.717, 1.165) is 39.4 Å². The van der Waals surface area contributed by atoms with Gasteiger partial charge in [-0.25, -0.2) is 4.98 Å². The molecule has 5 nitrogen and oxygen atoms in total. The predicted molar refractivity (Wildman–Crippen MR) is 113 cm³/mol. The molecular formula is C24H18N4O. The van der Waals surface area contributed by atoms with Crippen LogP contribution in [0.5, 0.6) is 5.75 Å². The van der Waals surface area contributed by atoms with Crippen molar-refractivity contribution in [2.24, 2.45) is 0 Å². The number of benzene rings is 3. The molecule has 140 valence electrons. The molecule has 0 saturated carbocycles. The van der Waals surface area contributed by atoms with E-state index in [1.54, 1.807) is 6.33 Å². The van der Waals surface area contributed by atoms with Crippen LogP contribution in [0.2, 0.25) is 0 Å². The Hall–Kier alpha value is -3.99. The maximum Gasteiger partial charge on any atom is 0.168 e. The normalized spacial score (nSPS) is 10.9. The number of pyridine rings is 1. The predicted octanol–water partition coefficient (Wildman–Crippen LogP) is 5.06. The first kappa shape index (κ1) is 17.1. The average molecular weight is 378 g/mol. The summed E-state index contributed by atoms with van der Waals surface area (Å²) >= 11 is 0. The lowest BCUT2D eigenvalue weighted by Gasteiger charge is -2.09. The Kier molecular flexibility index (Phi) is 4.47. The summed E-state index contributed by atoms with van der Waals surface area (Å²) in [6.07, 6.45) is 1.72. The van der Waals surface area contributed by atoms with Gasteiger partial charge in [0.05, 0.1) is 11.2 Å². The Morgan fingerprint density at radius 2 is 1.55 bits per heavy atom. The minimum atomic E-state index is 0.421. The van der Waals surface area contributed by atoms with E-state index in [1.807, 2.05) is 83.4 Å². The number of ether oxygens (including phenoxy) is 1. The molecule has 0 N–H and O–H groups in total. The zero-order valence-corrected chi connectivity index (χ0v) is 15.6. The number of hydrogen-bond donors (Lipinski definition) is 0. The van der Waals surface area contributed by atoms with Gasteiger partial charge in [-0.1, -0.05) is 42.5 Å². The molecule has 5 rings (SSSR count). The SMILES string of the molecule is c1ccc(-n2cnnc2-c2ccc(OCc3ccc4ccccc4n3)cc2)cc1. The highest BCUT2D eigenvalue weighted by atomic mass is 16.5. The fourth-order valence-corrected chi connectivity index (χ4v) is 3.26. The summed E-state index contributed by atoms with van der Waals surface area (Å²) in [4.78, 5) is 4.65. The highest BCUT2D eigenvalue weighted by molar-refractivity contribution is 5.78. The zero-order chi connectivity index (χ0) is 19.5. The van der Waals surface area contributed by atoms with Crippen LogP contribution in [0.15, 0.2) is 97.3 Å². The number of para-hydroxylation sites is 2. The Morgan fingerprint density at radius 3 is 2.41 bits per heavy atom. The van der Waals surface area contributed by atoms with Crippen LogP contribution in [0.4, 0.5) is 0 Å². The van der Waals surface area contributed by atoms with E-state index in [0.29, 0.717) is 6.61 Å². The third-order valence-corrected chi connectivity index (χ3v) is 4.74. The van der Waals surface area contributed by atoms with E-state index in [4.69, 9.17) is 4.74 Å². The highest BCUT2D eigenvalue weighted by Crippen LogP contribution is 2.23. The molecule has 0 radical (unpaired) electrons. The van der Waals surface area contributed by atoms with Crippen molar-refractivity contribution in [2.75, 3.05) is 0 Å². The molecule has 0 aliphatic heterocycles. The van der Waals surface area contributed by atoms with Crippen molar-refractivity contribution in [2.45, 2.75) is 6.61 Å². The van der Waals surface area contributed by atoms with Crippen molar-refractivity contribution in [3.63, 3.8) is 0 Å². The van der Waals surface area contributed by atoms with Gasteiger partial charge in [0.15, 0.2) is 5.82 Å². The fraction of sp³-hybridized carbons (Fsp3) is 0.0417. The van der Waals surface area contributed by atoms with E-state index in [1.165, 1.54) is 0 Å². The van der Waals surface area contributed by atoms with Gasteiger partial charge in [0.1, 0.15) is 18.7 Å². The van der Waals surface area contributed by atoms with Gasteiger partial charge in [-0.3, -0.25) is 4.57 Å². The first-order valence-corrected chi connectivity index (χ1v) is 9.40. The molecule has 29 heavy (non-hydrogen) atoms. The number of nitrogens with zero attached hydrogens (tertiary/aromatic N) is 4. The second-order valence-corrected chi connectivity index (χ2v) is 6.67. The van der Waals surface area contributed by atoms with Gasteiger partial charge in [0.25, 0.3) is 0 Å². The summed E-state index contributed by atoms with van der Waals surface area (Å²) in [7, 11) is 0. The molecular weight excluding hydrogens is 360 g/mol. The summed E-state index contributed by atoms with van der Waals surface area (Å²) in [5.41, 5.74) is 3.87. The number of fused-ring (bicyclic) bond motifs is 1. The van der Waals surface area contributed by atoms with Crippen LogP contribution in [-0.4, -0.2) is 19.7 Å². The summed E-state index contributed by atoms with van der Waals surface area (Å²) in [6, 6.07) is 30.1. The maximum atomic E-state index is 5.92. The van der Waals surface area contributed by atoms with Crippen LogP contribution < -0.4 is 4.74 Å². The van der Waals surface area contributed by atoms with E-state index >= 15 is 0 Å². The van der Waals surface area contributed by atoms with Crippen molar-refractivity contribution >= 4 is 10.9 Å². The number of hydrogen-bond acceptors (Lipinski definition) is 4. The van der Waals surface area contributed by atoms with E-state index in [9.17, 15) is 0 Å². The van der Waals surface area contributed by atoms with Crippen molar-refractivity contribution < 1.29 is 4.74 Å². The standard InChI is InChI=1S/C24H18N4O/c1-2-7-21(8-3-1)28-17-25-27-24(28)19-11-14-22(15-12-19)29-16-20-13-10-18-6-4-5-9-23(18)26-20/h1-15,17H,16H2. The van der Waals surface area contributed by atoms with Crippen molar-refractivity contribution in [3.05, 3.63) is 103 Å². The van der Waals surface area contributed by atoms with Gasteiger partial charge < -0.3 is 4.74 Å². The third kappa shape index (κ3) is 3.58. The van der Waals surface area contributed by atoms with Gasteiger partial charge in [0, 0.05) is 16.6 Å². The second kappa shape index (κ2) is 7.56. The van der Waals surface area contributed by atoms with E-state index < -0.39 is 0 Å². The van der Waals surface area contributed by atoms with Crippen molar-refractivity contribution in [3.8, 4) is 22.8 Å². The van der Waals surface area contributed by atoms with E-state index in [2.05, 4.69) is 27.3 Å². The largest absolute Gasteiger partial charge is 0.487 e. The average Bonchev–Trinajstić information content (AvgIpc) is 3.28. The third-order valence-electron chi connectivity index (χ3n) is 4.74. The van der Waals surface area contributed by atoms with Crippen molar-refractivity contribution in [1.82, 2.24) is 19.7 Å². The summed E-state index contributed by atoms with van der Waals surface area (Å²) in [5, 5.41) is 9.48. The molecule has 0 bridgehead atoms. The van der Waals surface area contributed by atoms with Gasteiger partial charge in [-0.05, 0) is 48.5 Å². The molecule has 0 aliphatic rings. The van der Waals surface area contributed by atoms with Crippen LogP contribution in [0, 0.1) is 0 Å². The fourth-order valence-electron chi connectivity index (χ4n) is 3.26. The van der Waals surface area contributed by atoms with Crippen LogP contribution >= 0.6 is 0 Å². The Morgan fingerprint density at radius 1 is 0.759 bits per heavy atom. The quantitative estimate of drug-likeness (QED) is 0.429. The molecule has 2 heterocycles. The first-order valence-electron chi connectivity index (χ1n) is 9.40. The molecule has 0 amide bonds. The minimum Gasteiger partial charge on any atom is -0.487 e. The van der Waals surface area contributed by atoms with Crippen LogP contribution in [0.3, 0.4) is 0 Å². The number of rotatable bonds is 5. The maximum absolute atomic E-state index is 5.92. The molecule has 5 aromatic rings. The lowest BCUT2D eigenvalue weighted by Crippen LogP contribution is -1.99. The summed E-state index contributed by atoms with van der Waals surface area (Å²) in [6.45, 7) is 0.421. The van der Waals surface area contributed by atoms with Gasteiger partial charge >= 0.3 is 0 Å². The topological polar surface area (TPSA) is 52.8 Å². The Balaban J connectivity index is 1.32. The molecule has 3 aromatic carbocycles. The molecule has 2 aromatic heterocycles. The Bertz CT molecular complexity index is 1250. The van der Waals surface area contributed by atoms with Gasteiger partial charge in [0.2, 0.25) is 0 Å². The second-order valence-electron chi connectivity index (χ2n) is 6.67. The molecule has 5 heteroatoms. The lowest BCUT2D eigenvalue weighted by molar-refractivity contribution is 0.302. The minimum absolute atomic E-state index is 0.421. The smallest absolute Gasteiger partial charge is 0.168 e. The summed E-state index contributed by atoms with van der Waals surface area (Å²) in [5.74, 6) is 1.58. The molecule has 0 unspecified atom stereocenters. The Labute approximate surface area is 168 Å². The number of aromatic nitrogens is 4. The van der Waals surface area contributed by atoms with Crippen LogP contribution in [0.1, 0.15) is 5.69 Å². The molecule has 0 fully saturated rings. The molecule has 0 aliphatic carbocycles. The monoisotopic (exact) mass is 378 g/mol. The molecule has 0 spiro atoms. The molecule has 0 atom stereocenters.